The number of nitrogens with zero attached hydrogens (tertiary/aromatic N) is 2. The van der Waals surface area contributed by atoms with Gasteiger partial charge in [-0.05, 0) is 5.92 Å². The molecule has 5 heteroatoms. The van der Waals surface area contributed by atoms with E-state index in [0.717, 1.165) is 12.8 Å². The fourth-order valence-corrected chi connectivity index (χ4v) is 2.98. The number of halogens is 1. The molecule has 0 bridgehead atoms. The van der Waals surface area contributed by atoms with Gasteiger partial charge in [0.2, 0.25) is 0 Å². The fraction of sp³-hybridized carbons (Fsp3) is 0.714. The summed E-state index contributed by atoms with van der Waals surface area (Å²) < 4.78 is 6.69. The maximum absolute atomic E-state index is 12.4. The van der Waals surface area contributed by atoms with Crippen LogP contribution < -0.4 is 0 Å². The lowest BCUT2D eigenvalue weighted by Crippen LogP contribution is -2.17. The Labute approximate surface area is 119 Å². The first-order chi connectivity index (χ1) is 9.22. The van der Waals surface area contributed by atoms with E-state index in [-0.39, 0.29) is 5.78 Å². The molecule has 0 unspecified atom stereocenters. The summed E-state index contributed by atoms with van der Waals surface area (Å²) in [5.74, 6) is 0.633. The van der Waals surface area contributed by atoms with E-state index < -0.39 is 0 Å². The molecule has 0 amide bonds. The molecule has 0 spiro atoms. The van der Waals surface area contributed by atoms with Gasteiger partial charge in [-0.1, -0.05) is 43.7 Å². The van der Waals surface area contributed by atoms with Gasteiger partial charge in [-0.25, -0.2) is 0 Å². The number of hydrogen-bond donors (Lipinski definition) is 0. The highest BCUT2D eigenvalue weighted by Gasteiger charge is 2.22. The van der Waals surface area contributed by atoms with Crippen molar-refractivity contribution in [3.05, 3.63) is 16.9 Å². The number of carbonyl (C=O) groups excluding carboxylic acids is 1. The Hall–Kier alpha value is -0.870. The Morgan fingerprint density at radius 2 is 2.21 bits per heavy atom. The minimum Gasteiger partial charge on any atom is -0.383 e. The van der Waals surface area contributed by atoms with Crippen LogP contribution in [0, 0.1) is 5.92 Å². The van der Waals surface area contributed by atoms with Gasteiger partial charge >= 0.3 is 0 Å². The average Bonchev–Trinajstić information content (AvgIpc) is 2.78. The number of hydrogen-bond acceptors (Lipinski definition) is 3. The Bertz CT molecular complexity index is 425. The molecule has 1 aliphatic rings. The van der Waals surface area contributed by atoms with Crippen LogP contribution in [0.4, 0.5) is 0 Å². The standard InChI is InChI=1S/C14H21ClN2O2/c1-19-8-7-17-14(12(15)10-16-17)13(18)9-11-5-3-2-4-6-11/h10-11H,2-9H2,1H3. The van der Waals surface area contributed by atoms with Gasteiger partial charge in [0.15, 0.2) is 5.78 Å². The zero-order chi connectivity index (χ0) is 13.7. The van der Waals surface area contributed by atoms with E-state index in [1.165, 1.54) is 19.3 Å². The largest absolute Gasteiger partial charge is 0.383 e. The molecular formula is C14H21ClN2O2. The monoisotopic (exact) mass is 284 g/mol. The van der Waals surface area contributed by atoms with E-state index in [1.807, 2.05) is 0 Å². The Morgan fingerprint density at radius 3 is 2.89 bits per heavy atom. The first kappa shape index (κ1) is 14.5. The van der Waals surface area contributed by atoms with Crippen molar-refractivity contribution < 1.29 is 9.53 Å². The summed E-state index contributed by atoms with van der Waals surface area (Å²) in [6, 6.07) is 0. The van der Waals surface area contributed by atoms with E-state index in [0.29, 0.717) is 36.2 Å². The van der Waals surface area contributed by atoms with Crippen LogP contribution in [-0.2, 0) is 11.3 Å². The summed E-state index contributed by atoms with van der Waals surface area (Å²) in [6.45, 7) is 1.09. The van der Waals surface area contributed by atoms with Gasteiger partial charge in [0, 0.05) is 13.5 Å². The van der Waals surface area contributed by atoms with Crippen molar-refractivity contribution in [1.29, 1.82) is 0 Å². The molecule has 0 radical (unpaired) electrons. The van der Waals surface area contributed by atoms with Gasteiger partial charge in [-0.3, -0.25) is 9.48 Å². The van der Waals surface area contributed by atoms with Gasteiger partial charge < -0.3 is 4.74 Å². The minimum absolute atomic E-state index is 0.116. The molecule has 0 saturated heterocycles. The lowest BCUT2D eigenvalue weighted by atomic mass is 9.85. The molecule has 1 fully saturated rings. The molecule has 0 aromatic carbocycles. The van der Waals surface area contributed by atoms with Gasteiger partial charge in [0.05, 0.1) is 24.4 Å². The molecule has 2 rings (SSSR count). The smallest absolute Gasteiger partial charge is 0.182 e. The van der Waals surface area contributed by atoms with Crippen LogP contribution in [0.1, 0.15) is 49.0 Å². The Kier molecular flexibility index (Phi) is 5.40. The van der Waals surface area contributed by atoms with Crippen LogP contribution in [0.5, 0.6) is 0 Å². The average molecular weight is 285 g/mol. The first-order valence-electron chi connectivity index (χ1n) is 6.96. The van der Waals surface area contributed by atoms with Crippen LogP contribution in [0.25, 0.3) is 0 Å². The SMILES string of the molecule is COCCn1ncc(Cl)c1C(=O)CC1CCCCC1. The molecule has 0 aliphatic heterocycles. The molecule has 0 atom stereocenters. The number of methoxy groups -OCH3 is 1. The molecule has 0 N–H and O–H groups in total. The third kappa shape index (κ3) is 3.80. The summed E-state index contributed by atoms with van der Waals surface area (Å²) in [7, 11) is 1.63. The highest BCUT2D eigenvalue weighted by atomic mass is 35.5. The number of ether oxygens (including phenoxy) is 1. The van der Waals surface area contributed by atoms with Crippen LogP contribution in [0.2, 0.25) is 5.02 Å². The van der Waals surface area contributed by atoms with Crippen LogP contribution in [0.15, 0.2) is 6.20 Å². The number of ketones is 1. The van der Waals surface area contributed by atoms with Crippen LogP contribution in [-0.4, -0.2) is 29.3 Å². The van der Waals surface area contributed by atoms with E-state index in [9.17, 15) is 4.79 Å². The minimum atomic E-state index is 0.116. The molecule has 1 aliphatic carbocycles. The van der Waals surface area contributed by atoms with Gasteiger partial charge in [-0.15, -0.1) is 0 Å². The van der Waals surface area contributed by atoms with E-state index >= 15 is 0 Å². The molecule has 1 aromatic rings. The van der Waals surface area contributed by atoms with E-state index in [4.69, 9.17) is 16.3 Å². The predicted molar refractivity (Wildman–Crippen MR) is 74.6 cm³/mol. The van der Waals surface area contributed by atoms with Crippen LogP contribution >= 0.6 is 11.6 Å². The number of rotatable bonds is 6. The number of carbonyl (C=O) groups is 1. The lowest BCUT2D eigenvalue weighted by Gasteiger charge is -2.20. The lowest BCUT2D eigenvalue weighted by molar-refractivity contribution is 0.0936. The fourth-order valence-electron chi connectivity index (χ4n) is 2.74. The van der Waals surface area contributed by atoms with Crippen molar-refractivity contribution in [2.24, 2.45) is 5.92 Å². The number of aromatic nitrogens is 2. The van der Waals surface area contributed by atoms with Crippen molar-refractivity contribution in [3.8, 4) is 0 Å². The third-order valence-electron chi connectivity index (χ3n) is 3.76. The van der Waals surface area contributed by atoms with Gasteiger partial charge in [0.25, 0.3) is 0 Å². The molecule has 106 valence electrons. The summed E-state index contributed by atoms with van der Waals surface area (Å²) in [4.78, 5) is 12.4. The highest BCUT2D eigenvalue weighted by molar-refractivity contribution is 6.33. The van der Waals surface area contributed by atoms with Crippen molar-refractivity contribution in [2.75, 3.05) is 13.7 Å². The second-order valence-electron chi connectivity index (χ2n) is 5.19. The molecule has 4 nitrogen and oxygen atoms in total. The summed E-state index contributed by atoms with van der Waals surface area (Å²) >= 11 is 6.09. The highest BCUT2D eigenvalue weighted by Crippen LogP contribution is 2.28. The molecule has 19 heavy (non-hydrogen) atoms. The third-order valence-corrected chi connectivity index (χ3v) is 4.04. The normalized spacial score (nSPS) is 16.7. The zero-order valence-electron chi connectivity index (χ0n) is 11.4. The zero-order valence-corrected chi connectivity index (χ0v) is 12.2. The maximum atomic E-state index is 12.4. The molecule has 1 aromatic heterocycles. The van der Waals surface area contributed by atoms with Gasteiger partial charge in [-0.2, -0.15) is 5.10 Å². The van der Waals surface area contributed by atoms with Crippen molar-refractivity contribution in [2.45, 2.75) is 45.1 Å². The van der Waals surface area contributed by atoms with E-state index in [1.54, 1.807) is 18.0 Å². The summed E-state index contributed by atoms with van der Waals surface area (Å²) in [6.07, 6.45) is 8.26. The summed E-state index contributed by atoms with van der Waals surface area (Å²) in [5, 5.41) is 4.61. The Balaban J connectivity index is 2.02. The number of Topliss-reactive ketones (excluding diaryl/α,β-unsaturated/α-hetero) is 1. The van der Waals surface area contributed by atoms with Gasteiger partial charge in [0.1, 0.15) is 5.69 Å². The molecule has 1 heterocycles. The molecular weight excluding hydrogens is 264 g/mol. The molecule has 1 saturated carbocycles. The summed E-state index contributed by atoms with van der Waals surface area (Å²) in [5.41, 5.74) is 0.546. The van der Waals surface area contributed by atoms with Crippen LogP contribution in [0.3, 0.4) is 0 Å². The van der Waals surface area contributed by atoms with Crippen molar-refractivity contribution in [1.82, 2.24) is 9.78 Å². The van der Waals surface area contributed by atoms with Crippen molar-refractivity contribution in [3.63, 3.8) is 0 Å². The topological polar surface area (TPSA) is 44.1 Å². The van der Waals surface area contributed by atoms with E-state index in [2.05, 4.69) is 5.10 Å². The second kappa shape index (κ2) is 7.06. The predicted octanol–water partition coefficient (Wildman–Crippen LogP) is 3.34. The van der Waals surface area contributed by atoms with Crippen molar-refractivity contribution >= 4 is 17.4 Å². The first-order valence-corrected chi connectivity index (χ1v) is 7.33. The maximum Gasteiger partial charge on any atom is 0.182 e. The quantitative estimate of drug-likeness (QED) is 0.753. The second-order valence-corrected chi connectivity index (χ2v) is 5.60. The Morgan fingerprint density at radius 1 is 1.47 bits per heavy atom.